The molecule has 4 nitrogen and oxygen atoms in total. The summed E-state index contributed by atoms with van der Waals surface area (Å²) in [4.78, 5) is 16.8. The molecular formula is C20H32N2O2Si. The first kappa shape index (κ1) is 19.7. The van der Waals surface area contributed by atoms with E-state index in [0.29, 0.717) is 19.8 Å². The van der Waals surface area contributed by atoms with Crippen LogP contribution in [0.5, 0.6) is 0 Å². The van der Waals surface area contributed by atoms with Gasteiger partial charge in [-0.2, -0.15) is 0 Å². The highest BCUT2D eigenvalue weighted by atomic mass is 28.4. The lowest BCUT2D eigenvalue weighted by Crippen LogP contribution is -2.46. The van der Waals surface area contributed by atoms with E-state index in [1.807, 2.05) is 35.2 Å². The van der Waals surface area contributed by atoms with Crippen LogP contribution >= 0.6 is 0 Å². The lowest BCUT2D eigenvalue weighted by atomic mass is 10.1. The molecule has 1 aliphatic heterocycles. The van der Waals surface area contributed by atoms with Gasteiger partial charge in [-0.25, -0.2) is 0 Å². The molecule has 0 fully saturated rings. The number of carbonyl (C=O) groups excluding carboxylic acids is 1. The molecule has 138 valence electrons. The number of amides is 1. The van der Waals surface area contributed by atoms with Crippen LogP contribution in [0.2, 0.25) is 18.1 Å². The first-order valence-corrected chi connectivity index (χ1v) is 11.9. The van der Waals surface area contributed by atoms with E-state index in [0.717, 1.165) is 12.1 Å². The van der Waals surface area contributed by atoms with E-state index in [1.165, 1.54) is 5.57 Å². The van der Waals surface area contributed by atoms with Crippen molar-refractivity contribution in [2.24, 2.45) is 0 Å². The SMILES string of the molecule is CC1=CN(CCO[Si](C)(C)C(C)(C)C)CN(C(=O)c2ccccc2)C1. The van der Waals surface area contributed by atoms with E-state index in [4.69, 9.17) is 4.43 Å². The molecule has 5 heteroatoms. The second kappa shape index (κ2) is 7.75. The average Bonchev–Trinajstić information content (AvgIpc) is 2.53. The van der Waals surface area contributed by atoms with Crippen molar-refractivity contribution in [2.45, 2.75) is 45.8 Å². The van der Waals surface area contributed by atoms with Gasteiger partial charge in [-0.3, -0.25) is 4.79 Å². The Morgan fingerprint density at radius 3 is 2.44 bits per heavy atom. The van der Waals surface area contributed by atoms with Gasteiger partial charge in [-0.15, -0.1) is 0 Å². The molecule has 1 amide bonds. The number of rotatable bonds is 5. The summed E-state index contributed by atoms with van der Waals surface area (Å²) in [6, 6.07) is 9.50. The van der Waals surface area contributed by atoms with Crippen molar-refractivity contribution in [1.29, 1.82) is 0 Å². The third-order valence-corrected chi connectivity index (χ3v) is 9.69. The van der Waals surface area contributed by atoms with E-state index in [9.17, 15) is 4.79 Å². The van der Waals surface area contributed by atoms with Crippen molar-refractivity contribution < 1.29 is 9.22 Å². The maximum absolute atomic E-state index is 12.7. The minimum atomic E-state index is -1.73. The smallest absolute Gasteiger partial charge is 0.255 e. The van der Waals surface area contributed by atoms with Crippen molar-refractivity contribution in [2.75, 3.05) is 26.4 Å². The summed E-state index contributed by atoms with van der Waals surface area (Å²) in [6.45, 7) is 16.2. The highest BCUT2D eigenvalue weighted by molar-refractivity contribution is 6.74. The molecule has 0 bridgehead atoms. The summed E-state index contributed by atoms with van der Waals surface area (Å²) in [7, 11) is -1.73. The molecule has 0 saturated heterocycles. The minimum Gasteiger partial charge on any atom is -0.415 e. The summed E-state index contributed by atoms with van der Waals surface area (Å²) < 4.78 is 6.28. The third kappa shape index (κ3) is 5.19. The van der Waals surface area contributed by atoms with Gasteiger partial charge in [0.25, 0.3) is 5.91 Å². The highest BCUT2D eigenvalue weighted by Crippen LogP contribution is 2.36. The molecule has 0 spiro atoms. The van der Waals surface area contributed by atoms with E-state index < -0.39 is 8.32 Å². The van der Waals surface area contributed by atoms with Gasteiger partial charge >= 0.3 is 0 Å². The second-order valence-electron chi connectivity index (χ2n) is 8.41. The summed E-state index contributed by atoms with van der Waals surface area (Å²) in [6.07, 6.45) is 2.16. The van der Waals surface area contributed by atoms with Crippen LogP contribution in [-0.4, -0.2) is 50.4 Å². The fraction of sp³-hybridized carbons (Fsp3) is 0.550. The van der Waals surface area contributed by atoms with Crippen LogP contribution in [0.3, 0.4) is 0 Å². The van der Waals surface area contributed by atoms with Crippen molar-refractivity contribution >= 4 is 14.2 Å². The molecule has 25 heavy (non-hydrogen) atoms. The van der Waals surface area contributed by atoms with Crippen LogP contribution in [0.1, 0.15) is 38.1 Å². The zero-order valence-corrected chi connectivity index (χ0v) is 17.5. The van der Waals surface area contributed by atoms with Crippen LogP contribution in [0, 0.1) is 0 Å². The molecule has 0 N–H and O–H groups in total. The Morgan fingerprint density at radius 2 is 1.84 bits per heavy atom. The van der Waals surface area contributed by atoms with Gasteiger partial charge in [0.1, 0.15) is 0 Å². The predicted octanol–water partition coefficient (Wildman–Crippen LogP) is 4.33. The van der Waals surface area contributed by atoms with Crippen LogP contribution in [-0.2, 0) is 4.43 Å². The molecule has 1 heterocycles. The largest absolute Gasteiger partial charge is 0.415 e. The Morgan fingerprint density at radius 1 is 1.20 bits per heavy atom. The number of hydrogen-bond donors (Lipinski definition) is 0. The molecule has 2 rings (SSSR count). The van der Waals surface area contributed by atoms with E-state index in [1.54, 1.807) is 0 Å². The maximum atomic E-state index is 12.7. The Kier molecular flexibility index (Phi) is 6.11. The van der Waals surface area contributed by atoms with E-state index in [2.05, 4.69) is 51.9 Å². The van der Waals surface area contributed by atoms with Crippen molar-refractivity contribution in [3.63, 3.8) is 0 Å². The Balaban J connectivity index is 1.94. The standard InChI is InChI=1S/C20H32N2O2Si/c1-17-14-21(12-13-24-25(5,6)20(2,3)4)16-22(15-17)19(23)18-10-8-7-9-11-18/h7-11,14H,12-13,15-16H2,1-6H3. The highest BCUT2D eigenvalue weighted by Gasteiger charge is 2.37. The van der Waals surface area contributed by atoms with Crippen LogP contribution in [0.15, 0.2) is 42.1 Å². The first-order chi connectivity index (χ1) is 11.6. The van der Waals surface area contributed by atoms with E-state index in [-0.39, 0.29) is 10.9 Å². The zero-order valence-electron chi connectivity index (χ0n) is 16.5. The van der Waals surface area contributed by atoms with Crippen LogP contribution < -0.4 is 0 Å². The van der Waals surface area contributed by atoms with E-state index >= 15 is 0 Å². The van der Waals surface area contributed by atoms with Gasteiger partial charge in [-0.05, 0) is 42.8 Å². The second-order valence-corrected chi connectivity index (χ2v) is 13.2. The van der Waals surface area contributed by atoms with Crippen LogP contribution in [0.4, 0.5) is 0 Å². The normalized spacial score (nSPS) is 16.0. The fourth-order valence-corrected chi connectivity index (χ4v) is 3.67. The lowest BCUT2D eigenvalue weighted by molar-refractivity contribution is 0.0649. The Bertz CT molecular complexity index is 620. The molecule has 1 aliphatic rings. The zero-order chi connectivity index (χ0) is 18.7. The molecule has 0 unspecified atom stereocenters. The maximum Gasteiger partial charge on any atom is 0.255 e. The number of carbonyl (C=O) groups is 1. The van der Waals surface area contributed by atoms with Gasteiger partial charge in [0.15, 0.2) is 8.32 Å². The number of benzene rings is 1. The summed E-state index contributed by atoms with van der Waals surface area (Å²) in [5.41, 5.74) is 1.94. The quantitative estimate of drug-likeness (QED) is 0.733. The number of nitrogens with zero attached hydrogens (tertiary/aromatic N) is 2. The summed E-state index contributed by atoms with van der Waals surface area (Å²) >= 11 is 0. The Hall–Kier alpha value is -1.59. The van der Waals surface area contributed by atoms with Gasteiger partial charge in [0.05, 0.1) is 13.3 Å². The molecule has 0 radical (unpaired) electrons. The fourth-order valence-electron chi connectivity index (χ4n) is 2.63. The average molecular weight is 361 g/mol. The van der Waals surface area contributed by atoms with Crippen molar-refractivity contribution in [1.82, 2.24) is 9.80 Å². The molecule has 1 aromatic carbocycles. The minimum absolute atomic E-state index is 0.0864. The third-order valence-electron chi connectivity index (χ3n) is 5.15. The molecule has 0 saturated carbocycles. The van der Waals surface area contributed by atoms with Crippen LogP contribution in [0.25, 0.3) is 0 Å². The van der Waals surface area contributed by atoms with Gasteiger partial charge in [0.2, 0.25) is 0 Å². The topological polar surface area (TPSA) is 32.8 Å². The molecule has 0 aromatic heterocycles. The summed E-state index contributed by atoms with van der Waals surface area (Å²) in [5, 5.41) is 0.218. The Labute approximate surface area is 153 Å². The van der Waals surface area contributed by atoms with Gasteiger partial charge in [-0.1, -0.05) is 39.0 Å². The predicted molar refractivity (Wildman–Crippen MR) is 106 cm³/mol. The monoisotopic (exact) mass is 360 g/mol. The van der Waals surface area contributed by atoms with Gasteiger partial charge in [0, 0.05) is 24.9 Å². The molecule has 1 aromatic rings. The molecule has 0 aliphatic carbocycles. The summed E-state index contributed by atoms with van der Waals surface area (Å²) in [5.74, 6) is 0.0864. The first-order valence-electron chi connectivity index (χ1n) is 9.00. The molecular weight excluding hydrogens is 328 g/mol. The molecule has 0 atom stereocenters. The van der Waals surface area contributed by atoms with Crippen molar-refractivity contribution in [3.05, 3.63) is 47.7 Å². The van der Waals surface area contributed by atoms with Crippen molar-refractivity contribution in [3.8, 4) is 0 Å². The lowest BCUT2D eigenvalue weighted by Gasteiger charge is -2.38. The van der Waals surface area contributed by atoms with Gasteiger partial charge < -0.3 is 14.2 Å². The number of hydrogen-bond acceptors (Lipinski definition) is 3.